The van der Waals surface area contributed by atoms with Crippen molar-refractivity contribution in [1.29, 1.82) is 5.26 Å². The molecular weight excluding hydrogens is 476 g/mol. The molecule has 1 fully saturated rings. The van der Waals surface area contributed by atoms with Crippen LogP contribution in [0.5, 0.6) is 0 Å². The third kappa shape index (κ3) is 5.07. The fourth-order valence-electron chi connectivity index (χ4n) is 4.64. The molecule has 2 aromatic heterocycles. The maximum Gasteiger partial charge on any atom is 0.419 e. The Bertz CT molecular complexity index is 1330. The number of halogens is 3. The average molecular weight is 504 g/mol. The van der Waals surface area contributed by atoms with E-state index in [1.165, 1.54) is 25.6 Å². The van der Waals surface area contributed by atoms with Crippen LogP contribution in [-0.4, -0.2) is 58.4 Å². The molecule has 1 aromatic carbocycles. The van der Waals surface area contributed by atoms with Crippen LogP contribution in [0.2, 0.25) is 0 Å². The Morgan fingerprint density at radius 3 is 2.51 bits per heavy atom. The molecule has 7 nitrogen and oxygen atoms in total. The number of hydrogen-bond acceptors (Lipinski definition) is 6. The molecule has 0 atom stereocenters. The van der Waals surface area contributed by atoms with Crippen LogP contribution in [-0.2, 0) is 10.7 Å². The summed E-state index contributed by atoms with van der Waals surface area (Å²) in [5.41, 5.74) is -0.395. The molecule has 0 spiro atoms. The van der Waals surface area contributed by atoms with Gasteiger partial charge >= 0.3 is 6.18 Å². The maximum absolute atomic E-state index is 13.9. The highest BCUT2D eigenvalue weighted by atomic mass is 31.2. The lowest BCUT2D eigenvalue weighted by Gasteiger charge is -2.34. The Morgan fingerprint density at radius 2 is 1.94 bits per heavy atom. The van der Waals surface area contributed by atoms with E-state index in [1.807, 2.05) is 6.07 Å². The molecule has 0 unspecified atom stereocenters. The molecule has 0 bridgehead atoms. The van der Waals surface area contributed by atoms with Crippen LogP contribution in [0.25, 0.3) is 22.2 Å². The number of nitrogens with zero attached hydrogens (tertiary/aromatic N) is 4. The zero-order valence-electron chi connectivity index (χ0n) is 20.1. The van der Waals surface area contributed by atoms with E-state index < -0.39 is 18.9 Å². The number of likely N-dealkylation sites (tertiary alicyclic amines) is 1. The highest BCUT2D eigenvalue weighted by Crippen LogP contribution is 2.43. The van der Waals surface area contributed by atoms with Crippen LogP contribution >= 0.6 is 7.14 Å². The highest BCUT2D eigenvalue weighted by molar-refractivity contribution is 7.70. The predicted octanol–water partition coefficient (Wildman–Crippen LogP) is 5.05. The standard InChI is InChI=1S/C24H28F3N6OP/c1-14(2)33-9-7-16(8-10-33)31-23-30-13-19(24(25,26)27)20(32-23)18-12-29-21-17(18)6-5-15(11-28)22(21)35(3,4)34/h5-6,12-14,16,29H,7-10H2,1-4H3,(H,30,31,32). The minimum absolute atomic E-state index is 0.0633. The van der Waals surface area contributed by atoms with Crippen LogP contribution in [0, 0.1) is 11.3 Å². The van der Waals surface area contributed by atoms with Gasteiger partial charge in [0.15, 0.2) is 0 Å². The molecule has 3 aromatic rings. The Labute approximate surface area is 202 Å². The molecule has 2 N–H and O–H groups in total. The van der Waals surface area contributed by atoms with Crippen LogP contribution in [0.4, 0.5) is 19.1 Å². The second kappa shape index (κ2) is 9.29. The van der Waals surface area contributed by atoms with Gasteiger partial charge in [0.1, 0.15) is 12.7 Å². The van der Waals surface area contributed by atoms with Gasteiger partial charge in [0.25, 0.3) is 0 Å². The van der Waals surface area contributed by atoms with E-state index >= 15 is 0 Å². The molecule has 4 rings (SSSR count). The van der Waals surface area contributed by atoms with E-state index in [-0.39, 0.29) is 28.8 Å². The largest absolute Gasteiger partial charge is 0.419 e. The summed E-state index contributed by atoms with van der Waals surface area (Å²) in [4.78, 5) is 13.6. The van der Waals surface area contributed by atoms with Gasteiger partial charge in [-0.3, -0.25) is 0 Å². The number of piperidine rings is 1. The molecule has 186 valence electrons. The number of aromatic nitrogens is 3. The van der Waals surface area contributed by atoms with Crippen molar-refractivity contribution >= 4 is 29.3 Å². The minimum atomic E-state index is -4.67. The van der Waals surface area contributed by atoms with Crippen molar-refractivity contribution in [2.45, 2.75) is 44.9 Å². The van der Waals surface area contributed by atoms with E-state index in [1.54, 1.807) is 6.07 Å². The monoisotopic (exact) mass is 504 g/mol. The number of fused-ring (bicyclic) bond motifs is 1. The van der Waals surface area contributed by atoms with Crippen molar-refractivity contribution in [3.8, 4) is 17.3 Å². The maximum atomic E-state index is 13.9. The molecule has 1 aliphatic rings. The number of benzene rings is 1. The van der Waals surface area contributed by atoms with Gasteiger partial charge in [0, 0.05) is 48.5 Å². The third-order valence-corrected chi connectivity index (χ3v) is 7.97. The molecule has 35 heavy (non-hydrogen) atoms. The quantitative estimate of drug-likeness (QED) is 0.472. The van der Waals surface area contributed by atoms with E-state index in [0.717, 1.165) is 32.1 Å². The summed E-state index contributed by atoms with van der Waals surface area (Å²) in [6.45, 7) is 9.12. The normalized spacial score (nSPS) is 16.1. The second-order valence-corrected chi connectivity index (χ2v) is 12.7. The van der Waals surface area contributed by atoms with E-state index in [4.69, 9.17) is 0 Å². The highest BCUT2D eigenvalue weighted by Gasteiger charge is 2.36. The first kappa shape index (κ1) is 25.2. The zero-order valence-corrected chi connectivity index (χ0v) is 21.0. The number of H-pyrrole nitrogens is 1. The lowest BCUT2D eigenvalue weighted by atomic mass is 10.0. The first-order chi connectivity index (χ1) is 16.4. The zero-order chi connectivity index (χ0) is 25.5. The summed E-state index contributed by atoms with van der Waals surface area (Å²) in [5, 5.41) is 13.4. The summed E-state index contributed by atoms with van der Waals surface area (Å²) in [5.74, 6) is 0.135. The Morgan fingerprint density at radius 1 is 1.26 bits per heavy atom. The molecule has 1 saturated heterocycles. The first-order valence-corrected chi connectivity index (χ1v) is 14.0. The molecule has 11 heteroatoms. The van der Waals surface area contributed by atoms with Crippen molar-refractivity contribution in [2.75, 3.05) is 31.7 Å². The number of nitrogens with one attached hydrogen (secondary N) is 2. The minimum Gasteiger partial charge on any atom is -0.360 e. The fourth-order valence-corrected chi connectivity index (χ4v) is 6.06. The van der Waals surface area contributed by atoms with Gasteiger partial charge in [0.05, 0.1) is 28.1 Å². The van der Waals surface area contributed by atoms with E-state index in [9.17, 15) is 23.0 Å². The first-order valence-electron chi connectivity index (χ1n) is 11.4. The van der Waals surface area contributed by atoms with Crippen molar-refractivity contribution < 1.29 is 17.7 Å². The van der Waals surface area contributed by atoms with Gasteiger partial charge in [-0.25, -0.2) is 9.97 Å². The summed E-state index contributed by atoms with van der Waals surface area (Å²) in [7, 11) is -2.91. The number of nitriles is 1. The number of anilines is 1. The molecule has 0 saturated carbocycles. The SMILES string of the molecule is CC(C)N1CCC(Nc2ncc(C(F)(F)F)c(-c3c[nH]c4c(P(C)(C)=O)c(C#N)ccc34)n2)CC1. The second-order valence-electron chi connectivity index (χ2n) is 9.55. The van der Waals surface area contributed by atoms with E-state index in [0.29, 0.717) is 22.2 Å². The van der Waals surface area contributed by atoms with Crippen LogP contribution < -0.4 is 10.6 Å². The number of hydrogen-bond donors (Lipinski definition) is 2. The fraction of sp³-hybridized carbons (Fsp3) is 0.458. The number of alkyl halides is 3. The van der Waals surface area contributed by atoms with Crippen LogP contribution in [0.1, 0.15) is 37.8 Å². The average Bonchev–Trinajstić information content (AvgIpc) is 3.21. The van der Waals surface area contributed by atoms with Crippen molar-refractivity contribution in [3.63, 3.8) is 0 Å². The molecule has 0 aliphatic carbocycles. The Hall–Kier alpha value is -2.89. The molecule has 1 aliphatic heterocycles. The topological polar surface area (TPSA) is 97.7 Å². The molecular formula is C24H28F3N6OP. The van der Waals surface area contributed by atoms with Crippen LogP contribution in [0.3, 0.4) is 0 Å². The number of aromatic amines is 1. The van der Waals surface area contributed by atoms with Gasteiger partial charge in [-0.05, 0) is 46.1 Å². The van der Waals surface area contributed by atoms with Gasteiger partial charge in [-0.1, -0.05) is 6.07 Å². The lowest BCUT2D eigenvalue weighted by Crippen LogP contribution is -2.42. The predicted molar refractivity (Wildman–Crippen MR) is 131 cm³/mol. The third-order valence-electron chi connectivity index (χ3n) is 6.43. The van der Waals surface area contributed by atoms with Crippen molar-refractivity contribution in [2.24, 2.45) is 0 Å². The van der Waals surface area contributed by atoms with Crippen molar-refractivity contribution in [3.05, 3.63) is 35.7 Å². The summed E-state index contributed by atoms with van der Waals surface area (Å²) >= 11 is 0. The Kier molecular flexibility index (Phi) is 6.69. The summed E-state index contributed by atoms with van der Waals surface area (Å²) in [6, 6.07) is 5.60. The van der Waals surface area contributed by atoms with Crippen LogP contribution in [0.15, 0.2) is 24.5 Å². The molecule has 0 amide bonds. The summed E-state index contributed by atoms with van der Waals surface area (Å²) in [6.07, 6.45) is -0.753. The molecule has 3 heterocycles. The van der Waals surface area contributed by atoms with Gasteiger partial charge < -0.3 is 19.8 Å². The van der Waals surface area contributed by atoms with Crippen molar-refractivity contribution in [1.82, 2.24) is 19.9 Å². The van der Waals surface area contributed by atoms with Gasteiger partial charge in [-0.15, -0.1) is 0 Å². The summed E-state index contributed by atoms with van der Waals surface area (Å²) < 4.78 is 54.7. The van der Waals surface area contributed by atoms with Gasteiger partial charge in [-0.2, -0.15) is 18.4 Å². The number of rotatable bonds is 5. The smallest absolute Gasteiger partial charge is 0.360 e. The van der Waals surface area contributed by atoms with E-state index in [2.05, 4.69) is 39.0 Å². The lowest BCUT2D eigenvalue weighted by molar-refractivity contribution is -0.137. The molecule has 0 radical (unpaired) electrons. The van der Waals surface area contributed by atoms with Gasteiger partial charge in [0.2, 0.25) is 5.95 Å². The Balaban J connectivity index is 1.78.